The minimum Gasteiger partial charge on any atom is -0.314 e. The number of aryl methyl sites for hydroxylation is 3. The molecular weight excluding hydrogens is 378 g/mol. The van der Waals surface area contributed by atoms with Crippen molar-refractivity contribution in [3.63, 3.8) is 0 Å². The zero-order valence-corrected chi connectivity index (χ0v) is 17.5. The van der Waals surface area contributed by atoms with Crippen LogP contribution in [0.4, 0.5) is 5.69 Å². The van der Waals surface area contributed by atoms with E-state index in [9.17, 15) is 9.59 Å². The average Bonchev–Trinajstić information content (AvgIpc) is 3.20. The van der Waals surface area contributed by atoms with Gasteiger partial charge in [-0.15, -0.1) is 0 Å². The summed E-state index contributed by atoms with van der Waals surface area (Å²) in [5, 5.41) is 9.47. The van der Waals surface area contributed by atoms with Crippen LogP contribution >= 0.6 is 0 Å². The molecule has 4 aromatic rings. The first kappa shape index (κ1) is 19.6. The summed E-state index contributed by atoms with van der Waals surface area (Å²) in [6.07, 6.45) is 1.65. The number of aromatic nitrogens is 4. The minimum atomic E-state index is -0.346. The molecule has 0 spiro atoms. The van der Waals surface area contributed by atoms with Gasteiger partial charge in [0.2, 0.25) is 5.91 Å². The minimum absolute atomic E-state index is 0.154. The molecule has 0 radical (unpaired) electrons. The van der Waals surface area contributed by atoms with Crippen molar-refractivity contribution in [1.82, 2.24) is 19.6 Å². The van der Waals surface area contributed by atoms with E-state index in [1.54, 1.807) is 17.9 Å². The second kappa shape index (κ2) is 7.59. The molecule has 1 amide bonds. The van der Waals surface area contributed by atoms with Gasteiger partial charge in [0.25, 0.3) is 5.56 Å². The van der Waals surface area contributed by atoms with E-state index in [1.165, 1.54) is 15.1 Å². The van der Waals surface area contributed by atoms with E-state index in [1.807, 2.05) is 69.3 Å². The first-order chi connectivity index (χ1) is 14.4. The van der Waals surface area contributed by atoms with Gasteiger partial charge in [0.05, 0.1) is 17.6 Å². The van der Waals surface area contributed by atoms with Gasteiger partial charge >= 0.3 is 0 Å². The Morgan fingerprint density at radius 3 is 2.47 bits per heavy atom. The molecule has 0 saturated carbocycles. The number of anilines is 1. The third kappa shape index (κ3) is 3.39. The van der Waals surface area contributed by atoms with Crippen LogP contribution in [0.1, 0.15) is 16.8 Å². The average molecular weight is 401 g/mol. The quantitative estimate of drug-likeness (QED) is 0.527. The Labute approximate surface area is 174 Å². The Balaban J connectivity index is 1.77. The normalized spacial score (nSPS) is 11.1. The van der Waals surface area contributed by atoms with Gasteiger partial charge in [-0.25, -0.2) is 9.36 Å². The van der Waals surface area contributed by atoms with Gasteiger partial charge < -0.3 is 4.90 Å². The lowest BCUT2D eigenvalue weighted by Crippen LogP contribution is -2.35. The molecule has 2 aromatic heterocycles. The molecule has 0 bridgehead atoms. The molecule has 0 aliphatic carbocycles. The Bertz CT molecular complexity index is 1300. The van der Waals surface area contributed by atoms with Crippen molar-refractivity contribution in [2.75, 3.05) is 11.9 Å². The van der Waals surface area contributed by atoms with Crippen LogP contribution in [0.15, 0.2) is 59.5 Å². The summed E-state index contributed by atoms with van der Waals surface area (Å²) in [7, 11) is 1.69. The summed E-state index contributed by atoms with van der Waals surface area (Å²) in [5.74, 6) is -0.230. The second-order valence-corrected chi connectivity index (χ2v) is 7.42. The smallest absolute Gasteiger partial charge is 0.293 e. The summed E-state index contributed by atoms with van der Waals surface area (Å²) in [5.41, 5.74) is 4.56. The van der Waals surface area contributed by atoms with Gasteiger partial charge in [-0.1, -0.05) is 24.3 Å². The van der Waals surface area contributed by atoms with E-state index >= 15 is 0 Å². The van der Waals surface area contributed by atoms with Gasteiger partial charge in [-0.3, -0.25) is 9.59 Å². The summed E-state index contributed by atoms with van der Waals surface area (Å²) in [4.78, 5) is 27.6. The molecule has 0 N–H and O–H groups in total. The van der Waals surface area contributed by atoms with Crippen molar-refractivity contribution in [2.24, 2.45) is 0 Å². The Hall–Kier alpha value is -3.74. The van der Waals surface area contributed by atoms with E-state index < -0.39 is 0 Å². The molecule has 0 aliphatic heterocycles. The molecule has 0 atom stereocenters. The number of nitrogens with zero attached hydrogens (tertiary/aromatic N) is 5. The number of hydrogen-bond acceptors (Lipinski definition) is 4. The molecule has 7 heteroatoms. The fourth-order valence-corrected chi connectivity index (χ4v) is 3.41. The molecule has 7 nitrogen and oxygen atoms in total. The van der Waals surface area contributed by atoms with Crippen LogP contribution in [0.25, 0.3) is 16.6 Å². The van der Waals surface area contributed by atoms with Crippen molar-refractivity contribution >= 4 is 22.5 Å². The van der Waals surface area contributed by atoms with E-state index in [4.69, 9.17) is 0 Å². The SMILES string of the molecule is Cc1ccc(-n2ncc3c(C)nn(CC(=O)N(C)c4ccccc4)c(=O)c32)cc1C. The van der Waals surface area contributed by atoms with Gasteiger partial charge in [0.15, 0.2) is 0 Å². The molecule has 2 heterocycles. The van der Waals surface area contributed by atoms with Crippen molar-refractivity contribution in [3.8, 4) is 5.69 Å². The number of rotatable bonds is 4. The molecule has 2 aromatic carbocycles. The molecule has 4 rings (SSSR count). The topological polar surface area (TPSA) is 73.0 Å². The zero-order chi connectivity index (χ0) is 21.4. The molecule has 30 heavy (non-hydrogen) atoms. The summed E-state index contributed by atoms with van der Waals surface area (Å²) in [6.45, 7) is 5.72. The third-order valence-corrected chi connectivity index (χ3v) is 5.40. The lowest BCUT2D eigenvalue weighted by Gasteiger charge is -2.17. The number of hydrogen-bond donors (Lipinski definition) is 0. The number of benzene rings is 2. The molecule has 0 fully saturated rings. The fourth-order valence-electron chi connectivity index (χ4n) is 3.41. The summed E-state index contributed by atoms with van der Waals surface area (Å²) in [6, 6.07) is 15.2. The van der Waals surface area contributed by atoms with Gasteiger partial charge in [0.1, 0.15) is 12.1 Å². The van der Waals surface area contributed by atoms with Gasteiger partial charge in [-0.2, -0.15) is 10.2 Å². The number of fused-ring (bicyclic) bond motifs is 1. The highest BCUT2D eigenvalue weighted by molar-refractivity contribution is 5.92. The molecule has 0 aliphatic rings. The van der Waals surface area contributed by atoms with Gasteiger partial charge in [-0.05, 0) is 56.2 Å². The summed E-state index contributed by atoms with van der Waals surface area (Å²) < 4.78 is 2.85. The zero-order valence-electron chi connectivity index (χ0n) is 17.5. The summed E-state index contributed by atoms with van der Waals surface area (Å²) >= 11 is 0. The van der Waals surface area contributed by atoms with E-state index in [0.29, 0.717) is 16.6 Å². The predicted molar refractivity (Wildman–Crippen MR) is 117 cm³/mol. The maximum absolute atomic E-state index is 13.3. The maximum atomic E-state index is 13.3. The maximum Gasteiger partial charge on any atom is 0.293 e. The Morgan fingerprint density at radius 1 is 1.03 bits per heavy atom. The number of carbonyl (C=O) groups excluding carboxylic acids is 1. The second-order valence-electron chi connectivity index (χ2n) is 7.42. The Kier molecular flexibility index (Phi) is 4.95. The monoisotopic (exact) mass is 401 g/mol. The molecule has 0 saturated heterocycles. The first-order valence-corrected chi connectivity index (χ1v) is 9.71. The Morgan fingerprint density at radius 2 is 1.77 bits per heavy atom. The highest BCUT2D eigenvalue weighted by atomic mass is 16.2. The number of likely N-dealkylation sites (N-methyl/N-ethyl adjacent to an activating group) is 1. The molecule has 152 valence electrons. The predicted octanol–water partition coefficient (Wildman–Crippen LogP) is 3.17. The standard InChI is InChI=1S/C23H23N5O2/c1-15-10-11-19(12-16(15)2)28-22-20(13-24-28)17(3)25-27(23(22)30)14-21(29)26(4)18-8-6-5-7-9-18/h5-13H,14H2,1-4H3. The number of carbonyl (C=O) groups is 1. The van der Waals surface area contributed by atoms with E-state index in [2.05, 4.69) is 10.2 Å². The fraction of sp³-hybridized carbons (Fsp3) is 0.217. The number of amides is 1. The highest BCUT2D eigenvalue weighted by Gasteiger charge is 2.18. The van der Waals surface area contributed by atoms with Gasteiger partial charge in [0, 0.05) is 18.1 Å². The van der Waals surface area contributed by atoms with Crippen LogP contribution in [0.2, 0.25) is 0 Å². The van der Waals surface area contributed by atoms with E-state index in [0.717, 1.165) is 16.9 Å². The lowest BCUT2D eigenvalue weighted by atomic mass is 10.1. The molecular formula is C23H23N5O2. The van der Waals surface area contributed by atoms with Crippen molar-refractivity contribution in [3.05, 3.63) is 81.9 Å². The highest BCUT2D eigenvalue weighted by Crippen LogP contribution is 2.19. The van der Waals surface area contributed by atoms with E-state index in [-0.39, 0.29) is 18.0 Å². The first-order valence-electron chi connectivity index (χ1n) is 9.71. The van der Waals surface area contributed by atoms with Crippen molar-refractivity contribution < 1.29 is 4.79 Å². The van der Waals surface area contributed by atoms with Crippen LogP contribution in [0.5, 0.6) is 0 Å². The van der Waals surface area contributed by atoms with Crippen LogP contribution in [-0.4, -0.2) is 32.5 Å². The van der Waals surface area contributed by atoms with Crippen molar-refractivity contribution in [2.45, 2.75) is 27.3 Å². The van der Waals surface area contributed by atoms with Crippen molar-refractivity contribution in [1.29, 1.82) is 0 Å². The number of para-hydroxylation sites is 1. The van der Waals surface area contributed by atoms with Crippen LogP contribution in [-0.2, 0) is 11.3 Å². The third-order valence-electron chi connectivity index (χ3n) is 5.40. The molecule has 0 unspecified atom stereocenters. The van der Waals surface area contributed by atoms with Crippen LogP contribution in [0.3, 0.4) is 0 Å². The lowest BCUT2D eigenvalue weighted by molar-refractivity contribution is -0.119. The van der Waals surface area contributed by atoms with Crippen LogP contribution < -0.4 is 10.5 Å². The largest absolute Gasteiger partial charge is 0.314 e. The van der Waals surface area contributed by atoms with Crippen LogP contribution in [0, 0.1) is 20.8 Å².